The van der Waals surface area contributed by atoms with E-state index < -0.39 is 0 Å². The van der Waals surface area contributed by atoms with Gasteiger partial charge in [-0.15, -0.1) is 0 Å². The van der Waals surface area contributed by atoms with E-state index in [1.807, 2.05) is 18.2 Å². The zero-order chi connectivity index (χ0) is 11.1. The summed E-state index contributed by atoms with van der Waals surface area (Å²) in [5, 5.41) is 0. The van der Waals surface area contributed by atoms with E-state index in [4.69, 9.17) is 11.5 Å². The Morgan fingerprint density at radius 2 is 1.94 bits per heavy atom. The first-order valence-electron chi connectivity index (χ1n) is 5.79. The molecule has 1 aromatic carbocycles. The molecule has 1 aliphatic carbocycles. The van der Waals surface area contributed by atoms with Gasteiger partial charge in [0, 0.05) is 6.04 Å². The standard InChI is InChI=1S/C12H16N4/c13-9-6-3-7-10-11(9)16(12(14)15-10)8-4-1-2-5-8/h3,6-8H,1-2,4-5,13H2,(H2,14,15). The number of benzene rings is 1. The second-order valence-corrected chi connectivity index (χ2v) is 4.49. The number of nitrogens with two attached hydrogens (primary N) is 2. The molecule has 1 aromatic heterocycles. The summed E-state index contributed by atoms with van der Waals surface area (Å²) in [6, 6.07) is 6.28. The Labute approximate surface area is 94.3 Å². The maximum absolute atomic E-state index is 6.02. The van der Waals surface area contributed by atoms with Crippen LogP contribution in [0.3, 0.4) is 0 Å². The van der Waals surface area contributed by atoms with E-state index in [9.17, 15) is 0 Å². The molecule has 0 unspecified atom stereocenters. The second-order valence-electron chi connectivity index (χ2n) is 4.49. The van der Waals surface area contributed by atoms with Crippen molar-refractivity contribution in [3.63, 3.8) is 0 Å². The number of anilines is 2. The van der Waals surface area contributed by atoms with Crippen molar-refractivity contribution in [1.29, 1.82) is 0 Å². The predicted molar refractivity (Wildman–Crippen MR) is 66.1 cm³/mol. The fourth-order valence-electron chi connectivity index (χ4n) is 2.73. The molecule has 16 heavy (non-hydrogen) atoms. The molecule has 1 heterocycles. The minimum Gasteiger partial charge on any atom is -0.397 e. The number of fused-ring (bicyclic) bond motifs is 1. The van der Waals surface area contributed by atoms with Crippen LogP contribution in [0.1, 0.15) is 31.7 Å². The Morgan fingerprint density at radius 1 is 1.19 bits per heavy atom. The number of nitrogens with zero attached hydrogens (tertiary/aromatic N) is 2. The summed E-state index contributed by atoms with van der Waals surface area (Å²) in [7, 11) is 0. The predicted octanol–water partition coefficient (Wildman–Crippen LogP) is 2.32. The Morgan fingerprint density at radius 3 is 2.69 bits per heavy atom. The van der Waals surface area contributed by atoms with E-state index >= 15 is 0 Å². The van der Waals surface area contributed by atoms with Gasteiger partial charge in [0.1, 0.15) is 0 Å². The summed E-state index contributed by atoms with van der Waals surface area (Å²) >= 11 is 0. The molecule has 0 spiro atoms. The van der Waals surface area contributed by atoms with Crippen LogP contribution in [0.5, 0.6) is 0 Å². The number of para-hydroxylation sites is 1. The van der Waals surface area contributed by atoms with Gasteiger partial charge in [0.05, 0.1) is 16.7 Å². The minimum atomic E-state index is 0.481. The highest BCUT2D eigenvalue weighted by Gasteiger charge is 2.22. The van der Waals surface area contributed by atoms with Gasteiger partial charge < -0.3 is 16.0 Å². The monoisotopic (exact) mass is 216 g/mol. The zero-order valence-electron chi connectivity index (χ0n) is 9.19. The number of aromatic nitrogens is 2. The molecule has 0 atom stereocenters. The van der Waals surface area contributed by atoms with Crippen molar-refractivity contribution in [1.82, 2.24) is 9.55 Å². The van der Waals surface area contributed by atoms with Crippen LogP contribution < -0.4 is 11.5 Å². The first-order chi connectivity index (χ1) is 7.77. The van der Waals surface area contributed by atoms with E-state index in [0.29, 0.717) is 12.0 Å². The molecule has 2 aromatic rings. The Bertz CT molecular complexity index is 523. The lowest BCUT2D eigenvalue weighted by Gasteiger charge is -2.14. The Kier molecular flexibility index (Phi) is 2.02. The first-order valence-corrected chi connectivity index (χ1v) is 5.79. The van der Waals surface area contributed by atoms with E-state index in [-0.39, 0.29) is 0 Å². The molecule has 1 saturated carbocycles. The maximum atomic E-state index is 6.02. The third-order valence-electron chi connectivity index (χ3n) is 3.46. The number of hydrogen-bond donors (Lipinski definition) is 2. The molecule has 4 heteroatoms. The van der Waals surface area contributed by atoms with Crippen molar-refractivity contribution in [2.45, 2.75) is 31.7 Å². The summed E-state index contributed by atoms with van der Waals surface area (Å²) in [4.78, 5) is 4.38. The molecule has 1 fully saturated rings. The largest absolute Gasteiger partial charge is 0.397 e. The second kappa shape index (κ2) is 3.40. The molecule has 4 N–H and O–H groups in total. The summed E-state index contributed by atoms with van der Waals surface area (Å²) in [5.41, 5.74) is 14.7. The minimum absolute atomic E-state index is 0.481. The average Bonchev–Trinajstić information content (AvgIpc) is 2.84. The van der Waals surface area contributed by atoms with Gasteiger partial charge in [0.15, 0.2) is 0 Å². The molecule has 0 aliphatic heterocycles. The van der Waals surface area contributed by atoms with Crippen LogP contribution in [0.2, 0.25) is 0 Å². The smallest absolute Gasteiger partial charge is 0.201 e. The third-order valence-corrected chi connectivity index (χ3v) is 3.46. The van der Waals surface area contributed by atoms with Gasteiger partial charge in [-0.1, -0.05) is 18.9 Å². The summed E-state index contributed by atoms with van der Waals surface area (Å²) < 4.78 is 2.12. The maximum Gasteiger partial charge on any atom is 0.201 e. The molecule has 0 saturated heterocycles. The molecule has 3 rings (SSSR count). The molecule has 0 radical (unpaired) electrons. The highest BCUT2D eigenvalue weighted by atomic mass is 15.2. The van der Waals surface area contributed by atoms with Gasteiger partial charge in [-0.05, 0) is 25.0 Å². The molecule has 84 valence electrons. The molecule has 1 aliphatic rings. The first kappa shape index (κ1) is 9.51. The molecule has 0 amide bonds. The van der Waals surface area contributed by atoms with E-state index in [1.54, 1.807) is 0 Å². The average molecular weight is 216 g/mol. The van der Waals surface area contributed by atoms with Crippen molar-refractivity contribution in [3.8, 4) is 0 Å². The Hall–Kier alpha value is -1.71. The van der Waals surface area contributed by atoms with Crippen LogP contribution in [-0.4, -0.2) is 9.55 Å². The van der Waals surface area contributed by atoms with Crippen LogP contribution in [-0.2, 0) is 0 Å². The van der Waals surface area contributed by atoms with Gasteiger partial charge in [-0.25, -0.2) is 4.98 Å². The zero-order valence-corrected chi connectivity index (χ0v) is 9.19. The highest BCUT2D eigenvalue weighted by molar-refractivity contribution is 5.89. The quantitative estimate of drug-likeness (QED) is 0.719. The van der Waals surface area contributed by atoms with Crippen LogP contribution >= 0.6 is 0 Å². The lowest BCUT2D eigenvalue weighted by atomic mass is 10.2. The number of nitrogen functional groups attached to an aromatic ring is 2. The summed E-state index contributed by atoms with van der Waals surface area (Å²) in [5.74, 6) is 0.597. The Balaban J connectivity index is 2.25. The fourth-order valence-corrected chi connectivity index (χ4v) is 2.73. The van der Waals surface area contributed by atoms with Crippen LogP contribution in [0, 0.1) is 0 Å². The number of imidazole rings is 1. The summed E-state index contributed by atoms with van der Waals surface area (Å²) in [6.45, 7) is 0. The van der Waals surface area contributed by atoms with E-state index in [1.165, 1.54) is 25.7 Å². The lowest BCUT2D eigenvalue weighted by Crippen LogP contribution is -2.09. The van der Waals surface area contributed by atoms with Gasteiger partial charge >= 0.3 is 0 Å². The highest BCUT2D eigenvalue weighted by Crippen LogP contribution is 2.36. The van der Waals surface area contributed by atoms with Gasteiger partial charge in [0.25, 0.3) is 0 Å². The third kappa shape index (κ3) is 1.26. The summed E-state index contributed by atoms with van der Waals surface area (Å²) in [6.07, 6.45) is 4.92. The number of hydrogen-bond acceptors (Lipinski definition) is 3. The molecular formula is C12H16N4. The van der Waals surface area contributed by atoms with E-state index in [0.717, 1.165) is 16.7 Å². The van der Waals surface area contributed by atoms with Crippen LogP contribution in [0.25, 0.3) is 11.0 Å². The van der Waals surface area contributed by atoms with Gasteiger partial charge in [-0.2, -0.15) is 0 Å². The van der Waals surface area contributed by atoms with Crippen molar-refractivity contribution < 1.29 is 0 Å². The van der Waals surface area contributed by atoms with Gasteiger partial charge in [0.2, 0.25) is 5.95 Å². The topological polar surface area (TPSA) is 69.9 Å². The van der Waals surface area contributed by atoms with E-state index in [2.05, 4.69) is 9.55 Å². The van der Waals surface area contributed by atoms with Crippen molar-refractivity contribution in [3.05, 3.63) is 18.2 Å². The molecule has 0 bridgehead atoms. The fraction of sp³-hybridized carbons (Fsp3) is 0.417. The molecule has 4 nitrogen and oxygen atoms in total. The SMILES string of the molecule is Nc1cccc2nc(N)n(C3CCCC3)c12. The van der Waals surface area contributed by atoms with Gasteiger partial charge in [-0.3, -0.25) is 0 Å². The lowest BCUT2D eigenvalue weighted by molar-refractivity contribution is 0.540. The molecular weight excluding hydrogens is 200 g/mol. The normalized spacial score (nSPS) is 17.2. The van der Waals surface area contributed by atoms with Crippen LogP contribution in [0.15, 0.2) is 18.2 Å². The van der Waals surface area contributed by atoms with Crippen molar-refractivity contribution in [2.24, 2.45) is 0 Å². The van der Waals surface area contributed by atoms with Crippen molar-refractivity contribution >= 4 is 22.7 Å². The van der Waals surface area contributed by atoms with Crippen LogP contribution in [0.4, 0.5) is 11.6 Å². The van der Waals surface area contributed by atoms with Crippen molar-refractivity contribution in [2.75, 3.05) is 11.5 Å². The number of rotatable bonds is 1.